The lowest BCUT2D eigenvalue weighted by molar-refractivity contribution is 0.0697. The van der Waals surface area contributed by atoms with Crippen LogP contribution in [0.3, 0.4) is 0 Å². The highest BCUT2D eigenvalue weighted by Crippen LogP contribution is 2.41. The Balaban J connectivity index is 1.79. The van der Waals surface area contributed by atoms with Crippen LogP contribution in [0.1, 0.15) is 45.2 Å². The van der Waals surface area contributed by atoms with Gasteiger partial charge < -0.3 is 15.2 Å². The van der Waals surface area contributed by atoms with Crippen LogP contribution in [0.4, 0.5) is 0 Å². The maximum Gasteiger partial charge on any atom is 0.335 e. The molecule has 0 aliphatic heterocycles. The zero-order valence-electron chi connectivity index (χ0n) is 13.4. The van der Waals surface area contributed by atoms with Gasteiger partial charge >= 0.3 is 5.97 Å². The Kier molecular flexibility index (Phi) is 4.51. The number of carboxylic acids is 1. The van der Waals surface area contributed by atoms with Crippen molar-refractivity contribution >= 4 is 11.9 Å². The van der Waals surface area contributed by atoms with E-state index in [9.17, 15) is 9.59 Å². The molecule has 1 saturated carbocycles. The smallest absolute Gasteiger partial charge is 0.335 e. The molecule has 1 atom stereocenters. The predicted molar refractivity (Wildman–Crippen MR) is 89.3 cm³/mol. The number of carboxylic acid groups (broad SMARTS) is 1. The lowest BCUT2D eigenvalue weighted by atomic mass is 10.0. The van der Waals surface area contributed by atoms with Crippen molar-refractivity contribution in [1.29, 1.82) is 0 Å². The van der Waals surface area contributed by atoms with Crippen molar-refractivity contribution in [2.24, 2.45) is 5.92 Å². The third-order valence-electron chi connectivity index (χ3n) is 4.23. The van der Waals surface area contributed by atoms with Crippen LogP contribution in [-0.4, -0.2) is 24.1 Å². The molecule has 0 heterocycles. The standard InChI is InChI=1S/C19H19NO4/c1-24-16-9-7-13(8-10-16)17(12-5-6-12)20-18(21)14-3-2-4-15(11-14)19(22)23/h2-4,7-12,17H,5-6H2,1H3,(H,20,21)(H,22,23). The second-order valence-electron chi connectivity index (χ2n) is 5.95. The molecule has 3 rings (SSSR count). The highest BCUT2D eigenvalue weighted by molar-refractivity contribution is 5.97. The Bertz CT molecular complexity index is 750. The van der Waals surface area contributed by atoms with Crippen molar-refractivity contribution < 1.29 is 19.4 Å². The molecule has 1 aliphatic carbocycles. The maximum atomic E-state index is 12.5. The number of ether oxygens (including phenoxy) is 1. The minimum Gasteiger partial charge on any atom is -0.497 e. The molecule has 2 aromatic rings. The molecular weight excluding hydrogens is 306 g/mol. The summed E-state index contributed by atoms with van der Waals surface area (Å²) in [6.45, 7) is 0. The van der Waals surface area contributed by atoms with Crippen LogP contribution in [0.25, 0.3) is 0 Å². The van der Waals surface area contributed by atoms with Gasteiger partial charge in [-0.1, -0.05) is 18.2 Å². The molecule has 5 nitrogen and oxygen atoms in total. The van der Waals surface area contributed by atoms with Crippen LogP contribution in [0.15, 0.2) is 48.5 Å². The Morgan fingerprint density at radius 1 is 1.12 bits per heavy atom. The fraction of sp³-hybridized carbons (Fsp3) is 0.263. The zero-order chi connectivity index (χ0) is 17.1. The van der Waals surface area contributed by atoms with E-state index in [1.807, 2.05) is 24.3 Å². The number of aromatic carboxylic acids is 1. The summed E-state index contributed by atoms with van der Waals surface area (Å²) < 4.78 is 5.17. The Morgan fingerprint density at radius 3 is 2.38 bits per heavy atom. The van der Waals surface area contributed by atoms with Gasteiger partial charge in [-0.05, 0) is 54.7 Å². The molecule has 0 bridgehead atoms. The molecule has 0 spiro atoms. The van der Waals surface area contributed by atoms with E-state index < -0.39 is 5.97 Å². The second-order valence-corrected chi connectivity index (χ2v) is 5.95. The van der Waals surface area contributed by atoms with Gasteiger partial charge in [-0.2, -0.15) is 0 Å². The summed E-state index contributed by atoms with van der Waals surface area (Å²) in [6.07, 6.45) is 2.15. The van der Waals surface area contributed by atoms with Crippen molar-refractivity contribution in [1.82, 2.24) is 5.32 Å². The van der Waals surface area contributed by atoms with Gasteiger partial charge in [0.2, 0.25) is 0 Å². The first-order valence-electron chi connectivity index (χ1n) is 7.86. The minimum absolute atomic E-state index is 0.0723. The quantitative estimate of drug-likeness (QED) is 0.854. The molecule has 5 heteroatoms. The SMILES string of the molecule is COc1ccc(C(NC(=O)c2cccc(C(=O)O)c2)C2CC2)cc1. The lowest BCUT2D eigenvalue weighted by Crippen LogP contribution is -2.30. The third kappa shape index (κ3) is 3.56. The van der Waals surface area contributed by atoms with Gasteiger partial charge in [-0.15, -0.1) is 0 Å². The van der Waals surface area contributed by atoms with E-state index in [0.717, 1.165) is 24.2 Å². The van der Waals surface area contributed by atoms with Crippen LogP contribution in [-0.2, 0) is 0 Å². The Morgan fingerprint density at radius 2 is 1.79 bits per heavy atom. The Hall–Kier alpha value is -2.82. The van der Waals surface area contributed by atoms with Gasteiger partial charge in [0, 0.05) is 5.56 Å². The maximum absolute atomic E-state index is 12.5. The summed E-state index contributed by atoms with van der Waals surface area (Å²) in [7, 11) is 1.62. The number of carbonyl (C=O) groups is 2. The summed E-state index contributed by atoms with van der Waals surface area (Å²) in [5.74, 6) is -0.108. The molecule has 124 valence electrons. The van der Waals surface area contributed by atoms with E-state index in [-0.39, 0.29) is 17.5 Å². The molecule has 0 saturated heterocycles. The van der Waals surface area contributed by atoms with Crippen LogP contribution in [0.2, 0.25) is 0 Å². The number of methoxy groups -OCH3 is 1. The van der Waals surface area contributed by atoms with Gasteiger partial charge in [0.05, 0.1) is 18.7 Å². The van der Waals surface area contributed by atoms with Gasteiger partial charge in [0.1, 0.15) is 5.75 Å². The Labute approximate surface area is 140 Å². The summed E-state index contributed by atoms with van der Waals surface area (Å²) in [5, 5.41) is 12.1. The molecule has 2 aromatic carbocycles. The number of carbonyl (C=O) groups excluding carboxylic acids is 1. The molecule has 1 amide bonds. The summed E-state index contributed by atoms with van der Waals surface area (Å²) in [4.78, 5) is 23.6. The van der Waals surface area contributed by atoms with Crippen molar-refractivity contribution in [2.75, 3.05) is 7.11 Å². The highest BCUT2D eigenvalue weighted by atomic mass is 16.5. The number of rotatable bonds is 6. The number of hydrogen-bond acceptors (Lipinski definition) is 3. The van der Waals surface area contributed by atoms with Crippen molar-refractivity contribution in [3.8, 4) is 5.75 Å². The molecule has 1 fully saturated rings. The molecule has 0 radical (unpaired) electrons. The number of amides is 1. The predicted octanol–water partition coefficient (Wildman–Crippen LogP) is 3.27. The van der Waals surface area contributed by atoms with Crippen molar-refractivity contribution in [3.05, 3.63) is 65.2 Å². The molecule has 1 aliphatic rings. The monoisotopic (exact) mass is 325 g/mol. The number of benzene rings is 2. The molecule has 24 heavy (non-hydrogen) atoms. The lowest BCUT2D eigenvalue weighted by Gasteiger charge is -2.19. The molecule has 0 aromatic heterocycles. The molecule has 2 N–H and O–H groups in total. The van der Waals surface area contributed by atoms with E-state index >= 15 is 0 Å². The average Bonchev–Trinajstić information content (AvgIpc) is 3.44. The van der Waals surface area contributed by atoms with E-state index in [4.69, 9.17) is 9.84 Å². The first kappa shape index (κ1) is 16.1. The molecular formula is C19H19NO4. The number of nitrogens with one attached hydrogen (secondary N) is 1. The topological polar surface area (TPSA) is 75.6 Å². The number of hydrogen-bond donors (Lipinski definition) is 2. The fourth-order valence-corrected chi connectivity index (χ4v) is 2.73. The van der Waals surface area contributed by atoms with Crippen LogP contribution < -0.4 is 10.1 Å². The van der Waals surface area contributed by atoms with E-state index in [2.05, 4.69) is 5.32 Å². The van der Waals surface area contributed by atoms with Gasteiger partial charge in [-0.25, -0.2) is 4.79 Å². The fourth-order valence-electron chi connectivity index (χ4n) is 2.73. The van der Waals surface area contributed by atoms with Gasteiger partial charge in [0.25, 0.3) is 5.91 Å². The van der Waals surface area contributed by atoms with Gasteiger partial charge in [-0.3, -0.25) is 4.79 Å². The summed E-state index contributed by atoms with van der Waals surface area (Å²) in [6, 6.07) is 13.7. The second kappa shape index (κ2) is 6.74. The zero-order valence-corrected chi connectivity index (χ0v) is 13.4. The van der Waals surface area contributed by atoms with E-state index in [0.29, 0.717) is 11.5 Å². The van der Waals surface area contributed by atoms with E-state index in [1.54, 1.807) is 19.2 Å². The van der Waals surface area contributed by atoms with Crippen molar-refractivity contribution in [3.63, 3.8) is 0 Å². The first-order chi connectivity index (χ1) is 11.6. The first-order valence-corrected chi connectivity index (χ1v) is 7.86. The summed E-state index contributed by atoms with van der Waals surface area (Å²) >= 11 is 0. The van der Waals surface area contributed by atoms with Gasteiger partial charge in [0.15, 0.2) is 0 Å². The van der Waals surface area contributed by atoms with Crippen molar-refractivity contribution in [2.45, 2.75) is 18.9 Å². The normalized spacial score (nSPS) is 14.7. The third-order valence-corrected chi connectivity index (χ3v) is 4.23. The van der Waals surface area contributed by atoms with Crippen LogP contribution in [0.5, 0.6) is 5.75 Å². The minimum atomic E-state index is -1.04. The average molecular weight is 325 g/mol. The molecule has 1 unspecified atom stereocenters. The van der Waals surface area contributed by atoms with Crippen LogP contribution >= 0.6 is 0 Å². The van der Waals surface area contributed by atoms with Crippen LogP contribution in [0, 0.1) is 5.92 Å². The van der Waals surface area contributed by atoms with E-state index in [1.165, 1.54) is 12.1 Å². The highest BCUT2D eigenvalue weighted by Gasteiger charge is 2.33. The largest absolute Gasteiger partial charge is 0.497 e. The summed E-state index contributed by atoms with van der Waals surface area (Å²) in [5.41, 5.74) is 1.49.